The van der Waals surface area contributed by atoms with Crippen molar-refractivity contribution in [3.05, 3.63) is 77.3 Å². The maximum absolute atomic E-state index is 12.6. The van der Waals surface area contributed by atoms with E-state index in [-0.39, 0.29) is 5.91 Å². The third-order valence-electron chi connectivity index (χ3n) is 4.48. The molecule has 5 aromatic rings. The van der Waals surface area contributed by atoms with Crippen LogP contribution in [0.4, 0.5) is 5.69 Å². The average Bonchev–Trinajstić information content (AvgIpc) is 3.05. The molecule has 27 heavy (non-hydrogen) atoms. The molecule has 0 bridgehead atoms. The topological polar surface area (TPSA) is 70.7 Å². The number of nitrogens with one attached hydrogen (secondary N) is 2. The van der Waals surface area contributed by atoms with Crippen LogP contribution in [0.25, 0.3) is 33.1 Å². The molecule has 0 saturated carbocycles. The van der Waals surface area contributed by atoms with Crippen molar-refractivity contribution >= 4 is 56.3 Å². The number of para-hydroxylation sites is 2. The number of amides is 1. The number of halogens is 1. The van der Waals surface area contributed by atoms with Crippen molar-refractivity contribution in [2.24, 2.45) is 0 Å². The molecule has 5 nitrogen and oxygen atoms in total. The first kappa shape index (κ1) is 15.8. The molecule has 0 atom stereocenters. The SMILES string of the molecule is O=C(Nc1ccccc1Cl)c1ccc2nc3[nH]c4ccccc4c3nc2c1. The van der Waals surface area contributed by atoms with Crippen LogP contribution in [0.3, 0.4) is 0 Å². The van der Waals surface area contributed by atoms with Crippen molar-refractivity contribution in [2.45, 2.75) is 0 Å². The fraction of sp³-hybridized carbons (Fsp3) is 0. The number of fused-ring (bicyclic) bond motifs is 4. The van der Waals surface area contributed by atoms with E-state index in [1.807, 2.05) is 36.4 Å². The Morgan fingerprint density at radius 2 is 1.74 bits per heavy atom. The number of carbonyl (C=O) groups is 1. The second-order valence-electron chi connectivity index (χ2n) is 6.23. The van der Waals surface area contributed by atoms with Gasteiger partial charge in [-0.3, -0.25) is 4.79 Å². The number of anilines is 1. The predicted octanol–water partition coefficient (Wildman–Crippen LogP) is 5.17. The van der Waals surface area contributed by atoms with Crippen molar-refractivity contribution in [1.29, 1.82) is 0 Å². The van der Waals surface area contributed by atoms with Gasteiger partial charge in [-0.2, -0.15) is 0 Å². The van der Waals surface area contributed by atoms with Crippen LogP contribution in [-0.2, 0) is 0 Å². The molecule has 6 heteroatoms. The number of rotatable bonds is 2. The van der Waals surface area contributed by atoms with E-state index < -0.39 is 0 Å². The van der Waals surface area contributed by atoms with E-state index in [0.29, 0.717) is 21.8 Å². The molecular weight excluding hydrogens is 360 g/mol. The normalized spacial score (nSPS) is 11.3. The largest absolute Gasteiger partial charge is 0.338 e. The maximum atomic E-state index is 12.6. The standard InChI is InChI=1S/C21H13ClN4O/c22-14-6-2-4-8-16(14)26-21(27)12-9-10-17-18(11-12)23-19-13-5-1-3-7-15(13)24-20(19)25-17/h1-11H,(H,24,25)(H,26,27). The van der Waals surface area contributed by atoms with Gasteiger partial charge in [-0.05, 0) is 36.4 Å². The molecule has 130 valence electrons. The first-order valence-corrected chi connectivity index (χ1v) is 8.81. The van der Waals surface area contributed by atoms with Gasteiger partial charge in [0.15, 0.2) is 5.65 Å². The molecule has 0 spiro atoms. The van der Waals surface area contributed by atoms with E-state index in [4.69, 9.17) is 16.6 Å². The van der Waals surface area contributed by atoms with Crippen LogP contribution < -0.4 is 5.32 Å². The molecule has 2 N–H and O–H groups in total. The van der Waals surface area contributed by atoms with E-state index >= 15 is 0 Å². The summed E-state index contributed by atoms with van der Waals surface area (Å²) in [5.41, 5.74) is 4.97. The highest BCUT2D eigenvalue weighted by molar-refractivity contribution is 6.33. The number of aromatic nitrogens is 3. The summed E-state index contributed by atoms with van der Waals surface area (Å²) in [6.45, 7) is 0. The summed E-state index contributed by atoms with van der Waals surface area (Å²) < 4.78 is 0. The molecule has 0 fully saturated rings. The highest BCUT2D eigenvalue weighted by Crippen LogP contribution is 2.25. The maximum Gasteiger partial charge on any atom is 0.255 e. The lowest BCUT2D eigenvalue weighted by molar-refractivity contribution is 0.102. The van der Waals surface area contributed by atoms with Crippen LogP contribution in [0.2, 0.25) is 5.02 Å². The average molecular weight is 373 g/mol. The molecule has 0 aliphatic rings. The number of hydrogen-bond acceptors (Lipinski definition) is 3. The Balaban J connectivity index is 1.59. The highest BCUT2D eigenvalue weighted by atomic mass is 35.5. The predicted molar refractivity (Wildman–Crippen MR) is 108 cm³/mol. The summed E-state index contributed by atoms with van der Waals surface area (Å²) in [6, 6.07) is 20.3. The van der Waals surface area contributed by atoms with Gasteiger partial charge in [0.25, 0.3) is 5.91 Å². The van der Waals surface area contributed by atoms with E-state index in [1.54, 1.807) is 30.3 Å². The minimum atomic E-state index is -0.245. The van der Waals surface area contributed by atoms with Gasteiger partial charge < -0.3 is 10.3 Å². The second kappa shape index (κ2) is 6.07. The van der Waals surface area contributed by atoms with E-state index in [9.17, 15) is 4.79 Å². The molecule has 0 aliphatic heterocycles. The van der Waals surface area contributed by atoms with Gasteiger partial charge in [0.1, 0.15) is 5.52 Å². The monoisotopic (exact) mass is 372 g/mol. The summed E-state index contributed by atoms with van der Waals surface area (Å²) in [6.07, 6.45) is 0. The zero-order valence-electron chi connectivity index (χ0n) is 14.0. The second-order valence-corrected chi connectivity index (χ2v) is 6.64. The number of H-pyrrole nitrogens is 1. The van der Waals surface area contributed by atoms with Crippen molar-refractivity contribution in [3.63, 3.8) is 0 Å². The lowest BCUT2D eigenvalue weighted by Gasteiger charge is -2.07. The first-order chi connectivity index (χ1) is 13.2. The Morgan fingerprint density at radius 1 is 0.926 bits per heavy atom. The summed E-state index contributed by atoms with van der Waals surface area (Å²) in [4.78, 5) is 25.3. The third kappa shape index (κ3) is 2.69. The highest BCUT2D eigenvalue weighted by Gasteiger charge is 2.12. The molecule has 5 rings (SSSR count). The summed E-state index contributed by atoms with van der Waals surface area (Å²) >= 11 is 6.12. The fourth-order valence-corrected chi connectivity index (χ4v) is 3.34. The zero-order valence-corrected chi connectivity index (χ0v) is 14.8. The number of nitrogens with zero attached hydrogens (tertiary/aromatic N) is 2. The van der Waals surface area contributed by atoms with E-state index in [1.165, 1.54) is 0 Å². The number of aromatic amines is 1. The molecule has 2 aromatic heterocycles. The van der Waals surface area contributed by atoms with Crippen LogP contribution in [0.5, 0.6) is 0 Å². The number of carbonyl (C=O) groups excluding carboxylic acids is 1. The molecule has 1 amide bonds. The Morgan fingerprint density at radius 3 is 2.63 bits per heavy atom. The quantitative estimate of drug-likeness (QED) is 0.449. The Bertz CT molecular complexity index is 1340. The van der Waals surface area contributed by atoms with Crippen LogP contribution in [0, 0.1) is 0 Å². The Hall–Kier alpha value is -3.44. The van der Waals surface area contributed by atoms with Gasteiger partial charge in [0, 0.05) is 16.5 Å². The number of benzene rings is 3. The van der Waals surface area contributed by atoms with Crippen LogP contribution >= 0.6 is 11.6 Å². The van der Waals surface area contributed by atoms with Crippen molar-refractivity contribution in [2.75, 3.05) is 5.32 Å². The summed E-state index contributed by atoms with van der Waals surface area (Å²) in [5, 5.41) is 4.33. The summed E-state index contributed by atoms with van der Waals surface area (Å²) in [5.74, 6) is -0.245. The Kier molecular flexibility index (Phi) is 3.55. The molecule has 0 saturated heterocycles. The molecule has 2 heterocycles. The minimum absolute atomic E-state index is 0.245. The van der Waals surface area contributed by atoms with Crippen molar-refractivity contribution < 1.29 is 4.79 Å². The lowest BCUT2D eigenvalue weighted by Crippen LogP contribution is -2.12. The van der Waals surface area contributed by atoms with Crippen LogP contribution in [0.1, 0.15) is 10.4 Å². The Labute approximate surface area is 159 Å². The minimum Gasteiger partial charge on any atom is -0.338 e. The van der Waals surface area contributed by atoms with E-state index in [0.717, 1.165) is 27.6 Å². The van der Waals surface area contributed by atoms with Crippen molar-refractivity contribution in [1.82, 2.24) is 15.0 Å². The fourth-order valence-electron chi connectivity index (χ4n) is 3.15. The van der Waals surface area contributed by atoms with Crippen LogP contribution in [0.15, 0.2) is 66.7 Å². The van der Waals surface area contributed by atoms with E-state index in [2.05, 4.69) is 15.3 Å². The molecular formula is C21H13ClN4O. The lowest BCUT2D eigenvalue weighted by atomic mass is 10.1. The molecule has 3 aromatic carbocycles. The smallest absolute Gasteiger partial charge is 0.255 e. The van der Waals surface area contributed by atoms with Gasteiger partial charge >= 0.3 is 0 Å². The van der Waals surface area contributed by atoms with Gasteiger partial charge in [0.2, 0.25) is 0 Å². The van der Waals surface area contributed by atoms with Gasteiger partial charge in [-0.25, -0.2) is 9.97 Å². The van der Waals surface area contributed by atoms with Gasteiger partial charge in [-0.1, -0.05) is 41.9 Å². The van der Waals surface area contributed by atoms with Gasteiger partial charge in [-0.15, -0.1) is 0 Å². The molecule has 0 radical (unpaired) electrons. The zero-order chi connectivity index (χ0) is 18.4. The molecule has 0 unspecified atom stereocenters. The third-order valence-corrected chi connectivity index (χ3v) is 4.81. The number of hydrogen-bond donors (Lipinski definition) is 2. The van der Waals surface area contributed by atoms with Crippen molar-refractivity contribution in [3.8, 4) is 0 Å². The summed E-state index contributed by atoms with van der Waals surface area (Å²) in [7, 11) is 0. The first-order valence-electron chi connectivity index (χ1n) is 8.43. The molecule has 0 aliphatic carbocycles. The van der Waals surface area contributed by atoms with Gasteiger partial charge in [0.05, 0.1) is 21.7 Å². The van der Waals surface area contributed by atoms with Crippen LogP contribution in [-0.4, -0.2) is 20.9 Å².